The van der Waals surface area contributed by atoms with Crippen LogP contribution in [-0.4, -0.2) is 15.0 Å². The van der Waals surface area contributed by atoms with Crippen molar-refractivity contribution in [2.24, 2.45) is 0 Å². The van der Waals surface area contributed by atoms with Crippen LogP contribution in [0.1, 0.15) is 5.69 Å². The summed E-state index contributed by atoms with van der Waals surface area (Å²) in [6.45, 7) is 1.78. The predicted octanol–water partition coefficient (Wildman–Crippen LogP) is 3.15. The minimum atomic E-state index is -0.159. The van der Waals surface area contributed by atoms with Crippen LogP contribution in [0.25, 0.3) is 0 Å². The Balaban J connectivity index is 2.34. The first-order valence-electron chi connectivity index (χ1n) is 4.61. The molecule has 0 aromatic carbocycles. The molecule has 88 valence electrons. The van der Waals surface area contributed by atoms with Gasteiger partial charge in [0.1, 0.15) is 5.03 Å². The second-order valence-corrected chi connectivity index (χ2v) is 5.98. The third-order valence-electron chi connectivity index (χ3n) is 1.82. The lowest BCUT2D eigenvalue weighted by molar-refractivity contribution is 0.901. The summed E-state index contributed by atoms with van der Waals surface area (Å²) in [6.07, 6.45) is 1.70. The third kappa shape index (κ3) is 3.40. The van der Waals surface area contributed by atoms with Crippen molar-refractivity contribution in [2.45, 2.75) is 17.1 Å². The van der Waals surface area contributed by atoms with Crippen LogP contribution >= 0.6 is 43.6 Å². The van der Waals surface area contributed by atoms with Crippen LogP contribution in [0.5, 0.6) is 0 Å². The van der Waals surface area contributed by atoms with Gasteiger partial charge in [-0.15, -0.1) is 0 Å². The van der Waals surface area contributed by atoms with Gasteiger partial charge in [0.15, 0.2) is 5.16 Å². The average molecular weight is 377 g/mol. The first-order chi connectivity index (χ1) is 8.04. The molecule has 0 bridgehead atoms. The van der Waals surface area contributed by atoms with E-state index in [4.69, 9.17) is 0 Å². The summed E-state index contributed by atoms with van der Waals surface area (Å²) < 4.78 is 1.74. The van der Waals surface area contributed by atoms with Crippen molar-refractivity contribution in [2.75, 3.05) is 0 Å². The van der Waals surface area contributed by atoms with E-state index in [9.17, 15) is 4.79 Å². The molecule has 4 nitrogen and oxygen atoms in total. The van der Waals surface area contributed by atoms with E-state index in [-0.39, 0.29) is 5.56 Å². The van der Waals surface area contributed by atoms with Crippen molar-refractivity contribution in [1.82, 2.24) is 15.0 Å². The van der Waals surface area contributed by atoms with Crippen LogP contribution in [0.3, 0.4) is 0 Å². The van der Waals surface area contributed by atoms with Gasteiger partial charge in [0.05, 0.1) is 4.47 Å². The fraction of sp³-hybridized carbons (Fsp3) is 0.100. The van der Waals surface area contributed by atoms with Gasteiger partial charge in [0, 0.05) is 22.4 Å². The number of aromatic nitrogens is 3. The molecular formula is C10H7Br2N3OS. The highest BCUT2D eigenvalue weighted by atomic mass is 79.9. The Kier molecular flexibility index (Phi) is 4.01. The average Bonchev–Trinajstić information content (AvgIpc) is 2.21. The first kappa shape index (κ1) is 12.8. The SMILES string of the molecule is Cc1cc(=O)[nH]c(Sc2ncc(Br)cc2Br)n1. The molecular weight excluding hydrogens is 370 g/mol. The lowest BCUT2D eigenvalue weighted by atomic mass is 10.5. The molecule has 0 saturated heterocycles. The second kappa shape index (κ2) is 5.32. The van der Waals surface area contributed by atoms with E-state index < -0.39 is 0 Å². The number of nitrogens with zero attached hydrogens (tertiary/aromatic N) is 2. The minimum Gasteiger partial charge on any atom is -0.301 e. The Morgan fingerprint density at radius 2 is 2.12 bits per heavy atom. The molecule has 0 fully saturated rings. The molecule has 2 aromatic rings. The molecule has 0 atom stereocenters. The molecule has 0 radical (unpaired) electrons. The van der Waals surface area contributed by atoms with E-state index in [2.05, 4.69) is 46.8 Å². The van der Waals surface area contributed by atoms with Gasteiger partial charge in [-0.3, -0.25) is 4.79 Å². The summed E-state index contributed by atoms with van der Waals surface area (Å²) in [5.74, 6) is 0. The normalized spacial score (nSPS) is 10.5. The lowest BCUT2D eigenvalue weighted by Gasteiger charge is -2.03. The van der Waals surface area contributed by atoms with E-state index in [1.165, 1.54) is 17.8 Å². The highest BCUT2D eigenvalue weighted by Crippen LogP contribution is 2.30. The van der Waals surface area contributed by atoms with Gasteiger partial charge in [0.25, 0.3) is 5.56 Å². The summed E-state index contributed by atoms with van der Waals surface area (Å²) in [5.41, 5.74) is 0.526. The van der Waals surface area contributed by atoms with Crippen molar-refractivity contribution in [1.29, 1.82) is 0 Å². The van der Waals surface area contributed by atoms with Gasteiger partial charge < -0.3 is 4.98 Å². The fourth-order valence-corrected chi connectivity index (χ4v) is 3.19. The Hall–Kier alpha value is -0.660. The van der Waals surface area contributed by atoms with Crippen LogP contribution in [0.2, 0.25) is 0 Å². The molecule has 1 N–H and O–H groups in total. The number of hydrogen-bond acceptors (Lipinski definition) is 4. The highest BCUT2D eigenvalue weighted by molar-refractivity contribution is 9.11. The monoisotopic (exact) mass is 375 g/mol. The van der Waals surface area contributed by atoms with Crippen LogP contribution in [-0.2, 0) is 0 Å². The van der Waals surface area contributed by atoms with Crippen LogP contribution in [0, 0.1) is 6.92 Å². The Bertz CT molecular complexity index is 615. The summed E-state index contributed by atoms with van der Waals surface area (Å²) in [7, 11) is 0. The zero-order valence-corrected chi connectivity index (χ0v) is 12.7. The van der Waals surface area contributed by atoms with E-state index in [1.807, 2.05) is 6.07 Å². The molecule has 17 heavy (non-hydrogen) atoms. The molecule has 0 aliphatic heterocycles. The van der Waals surface area contributed by atoms with E-state index in [0.717, 1.165) is 14.0 Å². The smallest absolute Gasteiger partial charge is 0.251 e. The van der Waals surface area contributed by atoms with Crippen molar-refractivity contribution in [3.63, 3.8) is 0 Å². The summed E-state index contributed by atoms with van der Waals surface area (Å²) in [5, 5.41) is 1.28. The highest BCUT2D eigenvalue weighted by Gasteiger charge is 2.07. The molecule has 7 heteroatoms. The fourth-order valence-electron chi connectivity index (χ4n) is 1.17. The van der Waals surface area contributed by atoms with Crippen LogP contribution < -0.4 is 5.56 Å². The Morgan fingerprint density at radius 3 is 2.76 bits per heavy atom. The van der Waals surface area contributed by atoms with Gasteiger partial charge >= 0.3 is 0 Å². The number of pyridine rings is 1. The molecule has 2 aromatic heterocycles. The number of halogens is 2. The van der Waals surface area contributed by atoms with Crippen molar-refractivity contribution < 1.29 is 0 Å². The standard InChI is InChI=1S/C10H7Br2N3OS/c1-5-2-8(16)15-10(14-5)17-9-7(12)3-6(11)4-13-9/h2-4H,1H3,(H,14,15,16). The first-order valence-corrected chi connectivity index (χ1v) is 7.02. The van der Waals surface area contributed by atoms with Crippen LogP contribution in [0.15, 0.2) is 42.3 Å². The minimum absolute atomic E-state index is 0.159. The molecule has 0 unspecified atom stereocenters. The summed E-state index contributed by atoms with van der Waals surface area (Å²) in [6, 6.07) is 3.34. The van der Waals surface area contributed by atoms with Crippen LogP contribution in [0.4, 0.5) is 0 Å². The van der Waals surface area contributed by atoms with E-state index in [1.54, 1.807) is 13.1 Å². The van der Waals surface area contributed by atoms with Crippen molar-refractivity contribution >= 4 is 43.6 Å². The molecule has 2 rings (SSSR count). The number of nitrogens with one attached hydrogen (secondary N) is 1. The van der Waals surface area contributed by atoms with E-state index >= 15 is 0 Å². The number of H-pyrrole nitrogens is 1. The maximum atomic E-state index is 11.3. The van der Waals surface area contributed by atoms with Gasteiger partial charge in [-0.2, -0.15) is 0 Å². The molecule has 0 saturated carbocycles. The Labute approximate surface area is 119 Å². The molecule has 0 amide bonds. The van der Waals surface area contributed by atoms with Gasteiger partial charge in [-0.05, 0) is 56.6 Å². The maximum absolute atomic E-state index is 11.3. The third-order valence-corrected chi connectivity index (χ3v) is 4.02. The maximum Gasteiger partial charge on any atom is 0.251 e. The lowest BCUT2D eigenvalue weighted by Crippen LogP contribution is -2.08. The quantitative estimate of drug-likeness (QED) is 0.818. The van der Waals surface area contributed by atoms with E-state index in [0.29, 0.717) is 10.9 Å². The van der Waals surface area contributed by atoms with Crippen molar-refractivity contribution in [3.8, 4) is 0 Å². The Morgan fingerprint density at radius 1 is 1.35 bits per heavy atom. The molecule has 0 spiro atoms. The number of rotatable bonds is 2. The topological polar surface area (TPSA) is 58.6 Å². The zero-order chi connectivity index (χ0) is 12.4. The number of aryl methyl sites for hydroxylation is 1. The van der Waals surface area contributed by atoms with Crippen molar-refractivity contribution in [3.05, 3.63) is 43.3 Å². The van der Waals surface area contributed by atoms with Gasteiger partial charge in [0.2, 0.25) is 0 Å². The van der Waals surface area contributed by atoms with Gasteiger partial charge in [-0.25, -0.2) is 9.97 Å². The summed E-state index contributed by atoms with van der Waals surface area (Å²) >= 11 is 8.04. The summed E-state index contributed by atoms with van der Waals surface area (Å²) in [4.78, 5) is 22.4. The second-order valence-electron chi connectivity index (χ2n) is 3.23. The molecule has 0 aliphatic carbocycles. The molecule has 2 heterocycles. The predicted molar refractivity (Wildman–Crippen MR) is 73.4 cm³/mol. The number of aromatic amines is 1. The largest absolute Gasteiger partial charge is 0.301 e. The zero-order valence-electron chi connectivity index (χ0n) is 8.70. The number of hydrogen-bond donors (Lipinski definition) is 1. The van der Waals surface area contributed by atoms with Gasteiger partial charge in [-0.1, -0.05) is 0 Å². The molecule has 0 aliphatic rings.